The molecule has 0 saturated carbocycles. The Morgan fingerprint density at radius 2 is 1.73 bits per heavy atom. The Balaban J connectivity index is 1.76. The molecule has 0 aliphatic heterocycles. The number of ether oxygens (including phenoxy) is 1. The van der Waals surface area contributed by atoms with Crippen molar-refractivity contribution in [2.45, 2.75) is 32.6 Å². The van der Waals surface area contributed by atoms with Crippen molar-refractivity contribution in [1.29, 1.82) is 0 Å². The third-order valence-corrected chi connectivity index (χ3v) is 5.28. The lowest BCUT2D eigenvalue weighted by Gasteiger charge is -2.15. The maximum absolute atomic E-state index is 12.9. The monoisotopic (exact) mass is 424 g/mol. The van der Waals surface area contributed by atoms with Crippen LogP contribution in [-0.4, -0.2) is 18.9 Å². The first kappa shape index (κ1) is 21.7. The number of amides is 2. The lowest BCUT2D eigenvalue weighted by atomic mass is 9.97. The lowest BCUT2D eigenvalue weighted by Crippen LogP contribution is -2.19. The van der Waals surface area contributed by atoms with Crippen molar-refractivity contribution in [2.24, 2.45) is 0 Å². The van der Waals surface area contributed by atoms with E-state index in [1.54, 1.807) is 25.3 Å². The average Bonchev–Trinajstić information content (AvgIpc) is 2.74. The van der Waals surface area contributed by atoms with E-state index in [4.69, 9.17) is 16.3 Å². The van der Waals surface area contributed by atoms with Crippen LogP contribution >= 0.6 is 11.6 Å². The maximum Gasteiger partial charge on any atom is 0.231 e. The molecule has 2 amide bonds. The third-order valence-electron chi connectivity index (χ3n) is 4.95. The van der Waals surface area contributed by atoms with Gasteiger partial charge in [-0.1, -0.05) is 42.8 Å². The standard InChI is InChI=1S/C24H25ClN2O3/c1-4-5-23(28)26-19-9-11-21(25)22(14-19)27-24(29)15(2)16-6-7-18-13-20(30-3)10-8-17(18)12-16/h6-15H,4-5H2,1-3H3,(H,26,28)(H,27,29)/t15-/m0/s1. The number of fused-ring (bicyclic) bond motifs is 1. The number of carbonyl (C=O) groups is 2. The number of carbonyl (C=O) groups excluding carboxylic acids is 2. The highest BCUT2D eigenvalue weighted by molar-refractivity contribution is 6.34. The minimum absolute atomic E-state index is 0.0711. The summed E-state index contributed by atoms with van der Waals surface area (Å²) >= 11 is 6.26. The number of anilines is 2. The second-order valence-corrected chi connectivity index (χ2v) is 7.58. The predicted molar refractivity (Wildman–Crippen MR) is 123 cm³/mol. The molecule has 30 heavy (non-hydrogen) atoms. The molecule has 5 nitrogen and oxygen atoms in total. The molecule has 3 aromatic rings. The van der Waals surface area contributed by atoms with Gasteiger partial charge in [-0.25, -0.2) is 0 Å². The molecule has 3 rings (SSSR count). The SMILES string of the molecule is CCCC(=O)Nc1ccc(Cl)c(NC(=O)[C@@H](C)c2ccc3cc(OC)ccc3c2)c1. The topological polar surface area (TPSA) is 67.4 Å². The van der Waals surface area contributed by atoms with Gasteiger partial charge in [0.05, 0.1) is 23.7 Å². The number of nitrogens with one attached hydrogen (secondary N) is 2. The number of hydrogen-bond donors (Lipinski definition) is 2. The molecule has 0 heterocycles. The van der Waals surface area contributed by atoms with Crippen LogP contribution in [0.2, 0.25) is 5.02 Å². The molecular formula is C24H25ClN2O3. The second-order valence-electron chi connectivity index (χ2n) is 7.18. The summed E-state index contributed by atoms with van der Waals surface area (Å²) in [5.41, 5.74) is 1.96. The zero-order chi connectivity index (χ0) is 21.7. The number of rotatable bonds is 7. The number of hydrogen-bond acceptors (Lipinski definition) is 3. The molecule has 1 atom stereocenters. The van der Waals surface area contributed by atoms with E-state index in [1.165, 1.54) is 0 Å². The Bertz CT molecular complexity index is 1080. The van der Waals surface area contributed by atoms with Crippen molar-refractivity contribution in [3.8, 4) is 5.75 Å². The fourth-order valence-corrected chi connectivity index (χ4v) is 3.35. The highest BCUT2D eigenvalue weighted by atomic mass is 35.5. The van der Waals surface area contributed by atoms with Crippen LogP contribution in [0, 0.1) is 0 Å². The van der Waals surface area contributed by atoms with Crippen LogP contribution in [0.25, 0.3) is 10.8 Å². The summed E-state index contributed by atoms with van der Waals surface area (Å²) in [4.78, 5) is 24.7. The van der Waals surface area contributed by atoms with Gasteiger partial charge in [-0.05, 0) is 60.0 Å². The molecule has 0 unspecified atom stereocenters. The molecule has 0 aliphatic carbocycles. The minimum atomic E-state index is -0.383. The van der Waals surface area contributed by atoms with Crippen LogP contribution < -0.4 is 15.4 Å². The molecule has 0 aromatic heterocycles. The molecule has 6 heteroatoms. The summed E-state index contributed by atoms with van der Waals surface area (Å²) in [5.74, 6) is 0.160. The molecule has 156 valence electrons. The van der Waals surface area contributed by atoms with E-state index in [0.717, 1.165) is 28.5 Å². The van der Waals surface area contributed by atoms with Crippen LogP contribution in [0.1, 0.15) is 38.2 Å². The fourth-order valence-electron chi connectivity index (χ4n) is 3.18. The molecule has 0 saturated heterocycles. The highest BCUT2D eigenvalue weighted by Crippen LogP contribution is 2.29. The summed E-state index contributed by atoms with van der Waals surface area (Å²) in [6.07, 6.45) is 1.20. The number of benzene rings is 3. The molecular weight excluding hydrogens is 400 g/mol. The Hall–Kier alpha value is -3.05. The van der Waals surface area contributed by atoms with E-state index >= 15 is 0 Å². The zero-order valence-corrected chi connectivity index (χ0v) is 18.0. The quantitative estimate of drug-likeness (QED) is 0.490. The van der Waals surface area contributed by atoms with Crippen LogP contribution in [0.3, 0.4) is 0 Å². The zero-order valence-electron chi connectivity index (χ0n) is 17.3. The predicted octanol–water partition coefficient (Wildman–Crippen LogP) is 5.98. The second kappa shape index (κ2) is 9.63. The third kappa shape index (κ3) is 5.10. The highest BCUT2D eigenvalue weighted by Gasteiger charge is 2.17. The summed E-state index contributed by atoms with van der Waals surface area (Å²) < 4.78 is 5.26. The van der Waals surface area contributed by atoms with Gasteiger partial charge in [0.2, 0.25) is 11.8 Å². The fraction of sp³-hybridized carbons (Fsp3) is 0.250. The number of halogens is 1. The molecule has 2 N–H and O–H groups in total. The minimum Gasteiger partial charge on any atom is -0.497 e. The smallest absolute Gasteiger partial charge is 0.231 e. The van der Waals surface area contributed by atoms with E-state index in [-0.39, 0.29) is 17.7 Å². The molecule has 0 bridgehead atoms. The lowest BCUT2D eigenvalue weighted by molar-refractivity contribution is -0.117. The molecule has 0 aliphatic rings. The van der Waals surface area contributed by atoms with Crippen molar-refractivity contribution in [3.63, 3.8) is 0 Å². The van der Waals surface area contributed by atoms with Crippen LogP contribution in [0.15, 0.2) is 54.6 Å². The molecule has 0 fully saturated rings. The first-order valence-electron chi connectivity index (χ1n) is 9.89. The van der Waals surface area contributed by atoms with E-state index in [9.17, 15) is 9.59 Å². The van der Waals surface area contributed by atoms with Crippen molar-refractivity contribution < 1.29 is 14.3 Å². The Kier molecular flexibility index (Phi) is 6.95. The van der Waals surface area contributed by atoms with E-state index in [1.807, 2.05) is 50.2 Å². The Morgan fingerprint density at radius 1 is 1.00 bits per heavy atom. The Labute approximate surface area is 181 Å². The van der Waals surface area contributed by atoms with Crippen molar-refractivity contribution >= 4 is 45.6 Å². The number of methoxy groups -OCH3 is 1. The van der Waals surface area contributed by atoms with Crippen LogP contribution in [-0.2, 0) is 9.59 Å². The molecule has 0 spiro atoms. The maximum atomic E-state index is 12.9. The van der Waals surface area contributed by atoms with Gasteiger partial charge in [-0.3, -0.25) is 9.59 Å². The van der Waals surface area contributed by atoms with Gasteiger partial charge in [0.15, 0.2) is 0 Å². The van der Waals surface area contributed by atoms with Crippen LogP contribution in [0.5, 0.6) is 5.75 Å². The first-order chi connectivity index (χ1) is 14.4. The van der Waals surface area contributed by atoms with Gasteiger partial charge in [-0.15, -0.1) is 0 Å². The van der Waals surface area contributed by atoms with Gasteiger partial charge >= 0.3 is 0 Å². The summed E-state index contributed by atoms with van der Waals surface area (Å²) in [6.45, 7) is 3.79. The normalized spacial score (nSPS) is 11.7. The van der Waals surface area contributed by atoms with Gasteiger partial charge in [-0.2, -0.15) is 0 Å². The first-order valence-corrected chi connectivity index (χ1v) is 10.3. The summed E-state index contributed by atoms with van der Waals surface area (Å²) in [6, 6.07) is 16.8. The van der Waals surface area contributed by atoms with Gasteiger partial charge in [0, 0.05) is 12.1 Å². The van der Waals surface area contributed by atoms with E-state index in [2.05, 4.69) is 10.6 Å². The van der Waals surface area contributed by atoms with Gasteiger partial charge in [0.25, 0.3) is 0 Å². The van der Waals surface area contributed by atoms with Crippen molar-refractivity contribution in [1.82, 2.24) is 0 Å². The average molecular weight is 425 g/mol. The van der Waals surface area contributed by atoms with Crippen molar-refractivity contribution in [2.75, 3.05) is 17.7 Å². The van der Waals surface area contributed by atoms with Crippen LogP contribution in [0.4, 0.5) is 11.4 Å². The van der Waals surface area contributed by atoms with Gasteiger partial charge < -0.3 is 15.4 Å². The van der Waals surface area contributed by atoms with Gasteiger partial charge in [0.1, 0.15) is 5.75 Å². The largest absolute Gasteiger partial charge is 0.497 e. The molecule has 3 aromatic carbocycles. The Morgan fingerprint density at radius 3 is 2.47 bits per heavy atom. The summed E-state index contributed by atoms with van der Waals surface area (Å²) in [5, 5.41) is 8.18. The van der Waals surface area contributed by atoms with Crippen molar-refractivity contribution in [3.05, 3.63) is 65.2 Å². The van der Waals surface area contributed by atoms with E-state index < -0.39 is 0 Å². The summed E-state index contributed by atoms with van der Waals surface area (Å²) in [7, 11) is 1.64. The molecule has 0 radical (unpaired) electrons. The van der Waals surface area contributed by atoms with E-state index in [0.29, 0.717) is 22.8 Å².